The van der Waals surface area contributed by atoms with Crippen LogP contribution < -0.4 is 4.90 Å². The van der Waals surface area contributed by atoms with Gasteiger partial charge in [0.25, 0.3) is 0 Å². The van der Waals surface area contributed by atoms with E-state index >= 15 is 0 Å². The maximum absolute atomic E-state index is 10.0. The van der Waals surface area contributed by atoms with Crippen LogP contribution in [0.4, 0.5) is 5.82 Å². The van der Waals surface area contributed by atoms with Gasteiger partial charge in [-0.05, 0) is 37.0 Å². The Balaban J connectivity index is 1.59. The van der Waals surface area contributed by atoms with E-state index in [1.807, 2.05) is 31.2 Å². The number of nitrogens with zero attached hydrogens (tertiary/aromatic N) is 4. The topological polar surface area (TPSA) is 62.1 Å². The van der Waals surface area contributed by atoms with Crippen LogP contribution in [0.1, 0.15) is 23.6 Å². The molecule has 3 aromatic rings. The molecule has 1 fully saturated rings. The SMILES string of the molecule is Cc1cc(N2CC[C@@H](c3ccccc3)[C@@H](CO)C2)nc(-c2ccncc2)n1. The number of hydrogen-bond acceptors (Lipinski definition) is 5. The van der Waals surface area contributed by atoms with Gasteiger partial charge in [-0.1, -0.05) is 30.3 Å². The summed E-state index contributed by atoms with van der Waals surface area (Å²) < 4.78 is 0. The molecule has 138 valence electrons. The molecule has 0 spiro atoms. The summed E-state index contributed by atoms with van der Waals surface area (Å²) in [6.45, 7) is 3.89. The first kappa shape index (κ1) is 17.6. The first-order valence-corrected chi connectivity index (χ1v) is 9.41. The van der Waals surface area contributed by atoms with Gasteiger partial charge in [0.15, 0.2) is 5.82 Å². The standard InChI is InChI=1S/C22H24N4O/c1-16-13-21(25-22(24-16)18-7-10-23-11-8-18)26-12-9-20(19(14-26)15-27)17-5-3-2-4-6-17/h2-8,10-11,13,19-20,27H,9,12,14-15H2,1H3/t19-,20+/m1/s1. The third-order valence-electron chi connectivity index (χ3n) is 5.30. The van der Waals surface area contributed by atoms with Crippen LogP contribution in [0, 0.1) is 12.8 Å². The first-order chi connectivity index (χ1) is 13.2. The molecule has 3 heterocycles. The molecule has 1 aliphatic rings. The summed E-state index contributed by atoms with van der Waals surface area (Å²) in [5, 5.41) is 10.0. The van der Waals surface area contributed by atoms with Crippen molar-refractivity contribution in [3.8, 4) is 11.4 Å². The Kier molecular flexibility index (Phi) is 5.12. The highest BCUT2D eigenvalue weighted by molar-refractivity contribution is 5.57. The first-order valence-electron chi connectivity index (χ1n) is 9.41. The molecule has 27 heavy (non-hydrogen) atoms. The Hall–Kier alpha value is -2.79. The van der Waals surface area contributed by atoms with Gasteiger partial charge >= 0.3 is 0 Å². The van der Waals surface area contributed by atoms with Crippen LogP contribution >= 0.6 is 0 Å². The van der Waals surface area contributed by atoms with E-state index in [1.54, 1.807) is 12.4 Å². The smallest absolute Gasteiger partial charge is 0.161 e. The number of benzene rings is 1. The fourth-order valence-electron chi connectivity index (χ4n) is 3.91. The van der Waals surface area contributed by atoms with Gasteiger partial charge in [0.05, 0.1) is 0 Å². The van der Waals surface area contributed by atoms with E-state index in [1.165, 1.54) is 5.56 Å². The van der Waals surface area contributed by atoms with Crippen LogP contribution in [0.25, 0.3) is 11.4 Å². The van der Waals surface area contributed by atoms with Crippen LogP contribution in [0.15, 0.2) is 60.9 Å². The van der Waals surface area contributed by atoms with E-state index in [0.29, 0.717) is 5.92 Å². The Bertz CT molecular complexity index is 885. The minimum atomic E-state index is 0.178. The molecule has 2 aromatic heterocycles. The Morgan fingerprint density at radius 3 is 2.59 bits per heavy atom. The van der Waals surface area contributed by atoms with Crippen molar-refractivity contribution < 1.29 is 5.11 Å². The highest BCUT2D eigenvalue weighted by Gasteiger charge is 2.30. The minimum Gasteiger partial charge on any atom is -0.396 e. The number of piperidine rings is 1. The van der Waals surface area contributed by atoms with Gasteiger partial charge in [0.1, 0.15) is 5.82 Å². The molecule has 0 amide bonds. The highest BCUT2D eigenvalue weighted by Crippen LogP contribution is 2.34. The molecule has 0 bridgehead atoms. The second kappa shape index (κ2) is 7.84. The monoisotopic (exact) mass is 360 g/mol. The van der Waals surface area contributed by atoms with Crippen LogP contribution in [0.2, 0.25) is 0 Å². The fraction of sp³-hybridized carbons (Fsp3) is 0.318. The number of pyridine rings is 1. The van der Waals surface area contributed by atoms with Crippen molar-refractivity contribution in [2.75, 3.05) is 24.6 Å². The normalized spacial score (nSPS) is 19.9. The average molecular weight is 360 g/mol. The van der Waals surface area contributed by atoms with Gasteiger partial charge in [0, 0.05) is 55.3 Å². The van der Waals surface area contributed by atoms with Gasteiger partial charge in [-0.25, -0.2) is 9.97 Å². The molecule has 1 saturated heterocycles. The van der Waals surface area contributed by atoms with Crippen molar-refractivity contribution in [2.45, 2.75) is 19.3 Å². The lowest BCUT2D eigenvalue weighted by Crippen LogP contribution is -2.41. The molecule has 0 aliphatic carbocycles. The number of aryl methyl sites for hydroxylation is 1. The molecule has 1 N–H and O–H groups in total. The fourth-order valence-corrected chi connectivity index (χ4v) is 3.91. The van der Waals surface area contributed by atoms with Crippen molar-refractivity contribution in [1.29, 1.82) is 0 Å². The Morgan fingerprint density at radius 1 is 1.07 bits per heavy atom. The predicted octanol–water partition coefficient (Wildman–Crippen LogP) is 3.45. The summed E-state index contributed by atoms with van der Waals surface area (Å²) in [5.41, 5.74) is 3.22. The summed E-state index contributed by atoms with van der Waals surface area (Å²) in [7, 11) is 0. The summed E-state index contributed by atoms with van der Waals surface area (Å²) in [6.07, 6.45) is 4.52. The summed E-state index contributed by atoms with van der Waals surface area (Å²) >= 11 is 0. The molecule has 5 nitrogen and oxygen atoms in total. The maximum Gasteiger partial charge on any atom is 0.161 e. The molecule has 4 rings (SSSR count). The van der Waals surface area contributed by atoms with Crippen LogP contribution in [-0.4, -0.2) is 39.8 Å². The van der Waals surface area contributed by atoms with E-state index < -0.39 is 0 Å². The molecule has 1 aromatic carbocycles. The van der Waals surface area contributed by atoms with Crippen molar-refractivity contribution in [3.63, 3.8) is 0 Å². The Morgan fingerprint density at radius 2 is 1.85 bits per heavy atom. The summed E-state index contributed by atoms with van der Waals surface area (Å²) in [4.78, 5) is 15.7. The molecular weight excluding hydrogens is 336 g/mol. The number of aromatic nitrogens is 3. The average Bonchev–Trinajstić information content (AvgIpc) is 2.74. The van der Waals surface area contributed by atoms with E-state index in [2.05, 4.69) is 39.1 Å². The molecule has 5 heteroatoms. The Labute approximate surface area is 159 Å². The van der Waals surface area contributed by atoms with Gasteiger partial charge in [0.2, 0.25) is 0 Å². The van der Waals surface area contributed by atoms with Crippen LogP contribution in [0.3, 0.4) is 0 Å². The third kappa shape index (κ3) is 3.83. The molecule has 2 atom stereocenters. The van der Waals surface area contributed by atoms with Crippen LogP contribution in [-0.2, 0) is 0 Å². The largest absolute Gasteiger partial charge is 0.396 e. The van der Waals surface area contributed by atoms with E-state index in [0.717, 1.165) is 42.4 Å². The van der Waals surface area contributed by atoms with Crippen molar-refractivity contribution in [1.82, 2.24) is 15.0 Å². The second-order valence-electron chi connectivity index (χ2n) is 7.12. The number of anilines is 1. The van der Waals surface area contributed by atoms with Gasteiger partial charge in [-0.3, -0.25) is 4.98 Å². The number of hydrogen-bond donors (Lipinski definition) is 1. The van der Waals surface area contributed by atoms with E-state index in [4.69, 9.17) is 4.98 Å². The predicted molar refractivity (Wildman–Crippen MR) is 107 cm³/mol. The third-order valence-corrected chi connectivity index (χ3v) is 5.30. The molecule has 0 unspecified atom stereocenters. The molecule has 0 saturated carbocycles. The lowest BCUT2D eigenvalue weighted by atomic mass is 9.81. The quantitative estimate of drug-likeness (QED) is 0.772. The molecule has 0 radical (unpaired) electrons. The van der Waals surface area contributed by atoms with Gasteiger partial charge < -0.3 is 10.0 Å². The van der Waals surface area contributed by atoms with E-state index in [9.17, 15) is 5.11 Å². The zero-order valence-electron chi connectivity index (χ0n) is 15.5. The van der Waals surface area contributed by atoms with Crippen LogP contribution in [0.5, 0.6) is 0 Å². The molecular formula is C22H24N4O. The number of rotatable bonds is 4. The maximum atomic E-state index is 10.0. The lowest BCUT2D eigenvalue weighted by Gasteiger charge is -2.39. The highest BCUT2D eigenvalue weighted by atomic mass is 16.3. The minimum absolute atomic E-state index is 0.178. The number of aliphatic hydroxyl groups is 1. The zero-order chi connectivity index (χ0) is 18.6. The van der Waals surface area contributed by atoms with Gasteiger partial charge in [-0.15, -0.1) is 0 Å². The van der Waals surface area contributed by atoms with Crippen molar-refractivity contribution >= 4 is 5.82 Å². The van der Waals surface area contributed by atoms with Crippen molar-refractivity contribution in [2.24, 2.45) is 5.92 Å². The van der Waals surface area contributed by atoms with E-state index in [-0.39, 0.29) is 12.5 Å². The number of aliphatic hydroxyl groups excluding tert-OH is 1. The second-order valence-corrected chi connectivity index (χ2v) is 7.12. The van der Waals surface area contributed by atoms with Gasteiger partial charge in [-0.2, -0.15) is 0 Å². The molecule has 1 aliphatic heterocycles. The lowest BCUT2D eigenvalue weighted by molar-refractivity contribution is 0.189. The summed E-state index contributed by atoms with van der Waals surface area (Å²) in [5.74, 6) is 2.23. The van der Waals surface area contributed by atoms with Crippen molar-refractivity contribution in [3.05, 3.63) is 72.2 Å². The zero-order valence-corrected chi connectivity index (χ0v) is 15.5. The summed E-state index contributed by atoms with van der Waals surface area (Å²) in [6, 6.07) is 16.4.